The standard InChI is InChI=1S/C20H24N2O3/c1-12-16(13-8-6-5-7-9-13)18(21-25-12)17-14-10-22(11-15(14)17)19(23)24-20(2,3)4/h5-9,14-15,17H,10-11H2,1-4H3. The van der Waals surface area contributed by atoms with Gasteiger partial charge in [0.2, 0.25) is 0 Å². The van der Waals surface area contributed by atoms with Crippen molar-refractivity contribution in [3.8, 4) is 11.1 Å². The number of aromatic nitrogens is 1. The van der Waals surface area contributed by atoms with Gasteiger partial charge >= 0.3 is 6.09 Å². The molecule has 2 aliphatic rings. The summed E-state index contributed by atoms with van der Waals surface area (Å²) in [4.78, 5) is 14.1. The molecule has 0 spiro atoms. The lowest BCUT2D eigenvalue weighted by molar-refractivity contribution is 0.0270. The molecule has 0 bridgehead atoms. The van der Waals surface area contributed by atoms with Crippen molar-refractivity contribution >= 4 is 6.09 Å². The molecule has 2 fully saturated rings. The third-order valence-corrected chi connectivity index (χ3v) is 5.11. The van der Waals surface area contributed by atoms with Crippen LogP contribution in [0.2, 0.25) is 0 Å². The Hall–Kier alpha value is -2.30. The number of amides is 1. The Morgan fingerprint density at radius 1 is 1.20 bits per heavy atom. The number of rotatable bonds is 2. The van der Waals surface area contributed by atoms with Gasteiger partial charge in [-0.15, -0.1) is 0 Å². The van der Waals surface area contributed by atoms with Crippen LogP contribution in [0, 0.1) is 18.8 Å². The summed E-state index contributed by atoms with van der Waals surface area (Å²) in [7, 11) is 0. The zero-order chi connectivity index (χ0) is 17.8. The first-order chi connectivity index (χ1) is 11.8. The number of piperidine rings is 1. The van der Waals surface area contributed by atoms with E-state index >= 15 is 0 Å². The molecule has 0 N–H and O–H groups in total. The predicted octanol–water partition coefficient (Wildman–Crippen LogP) is 4.23. The predicted molar refractivity (Wildman–Crippen MR) is 94.2 cm³/mol. The van der Waals surface area contributed by atoms with Crippen molar-refractivity contribution in [2.24, 2.45) is 11.8 Å². The lowest BCUT2D eigenvalue weighted by Gasteiger charge is -2.25. The van der Waals surface area contributed by atoms with Gasteiger partial charge in [0.05, 0.1) is 5.69 Å². The average molecular weight is 340 g/mol. The quantitative estimate of drug-likeness (QED) is 0.821. The van der Waals surface area contributed by atoms with E-state index in [2.05, 4.69) is 17.3 Å². The third kappa shape index (κ3) is 2.92. The minimum absolute atomic E-state index is 0.210. The van der Waals surface area contributed by atoms with Crippen molar-refractivity contribution < 1.29 is 14.1 Å². The molecule has 1 saturated carbocycles. The highest BCUT2D eigenvalue weighted by Crippen LogP contribution is 2.59. The van der Waals surface area contributed by atoms with Gasteiger partial charge in [0, 0.05) is 24.6 Å². The number of carbonyl (C=O) groups is 1. The van der Waals surface area contributed by atoms with Gasteiger partial charge in [-0.05, 0) is 45.1 Å². The monoisotopic (exact) mass is 340 g/mol. The van der Waals surface area contributed by atoms with Crippen molar-refractivity contribution in [3.05, 3.63) is 41.8 Å². The zero-order valence-electron chi connectivity index (χ0n) is 15.2. The summed E-state index contributed by atoms with van der Waals surface area (Å²) in [5.41, 5.74) is 2.85. The number of nitrogens with zero attached hydrogens (tertiary/aromatic N) is 2. The SMILES string of the molecule is Cc1onc(C2C3CN(C(=O)OC(C)(C)C)CC32)c1-c1ccccc1. The normalized spacial score (nSPS) is 25.0. The van der Waals surface area contributed by atoms with Gasteiger partial charge in [-0.3, -0.25) is 0 Å². The van der Waals surface area contributed by atoms with Gasteiger partial charge < -0.3 is 14.2 Å². The number of aryl methyl sites for hydroxylation is 1. The summed E-state index contributed by atoms with van der Waals surface area (Å²) in [6.45, 7) is 9.14. The van der Waals surface area contributed by atoms with Crippen LogP contribution in [-0.2, 0) is 4.74 Å². The van der Waals surface area contributed by atoms with Crippen LogP contribution in [0.3, 0.4) is 0 Å². The van der Waals surface area contributed by atoms with Gasteiger partial charge in [0.25, 0.3) is 0 Å². The number of carbonyl (C=O) groups excluding carboxylic acids is 1. The van der Waals surface area contributed by atoms with Crippen molar-refractivity contribution in [2.45, 2.75) is 39.2 Å². The van der Waals surface area contributed by atoms with Crippen LogP contribution in [-0.4, -0.2) is 34.8 Å². The van der Waals surface area contributed by atoms with E-state index in [0.29, 0.717) is 17.8 Å². The second-order valence-electron chi connectivity index (χ2n) is 8.10. The van der Waals surface area contributed by atoms with Gasteiger partial charge in [-0.2, -0.15) is 0 Å². The van der Waals surface area contributed by atoms with Crippen LogP contribution in [0.15, 0.2) is 34.9 Å². The molecular formula is C20H24N2O3. The fourth-order valence-electron chi connectivity index (χ4n) is 3.98. The van der Waals surface area contributed by atoms with Crippen LogP contribution in [0.1, 0.15) is 38.1 Å². The highest BCUT2D eigenvalue weighted by atomic mass is 16.6. The molecule has 5 heteroatoms. The molecule has 2 atom stereocenters. The highest BCUT2D eigenvalue weighted by Gasteiger charge is 2.59. The maximum absolute atomic E-state index is 12.2. The van der Waals surface area contributed by atoms with E-state index in [0.717, 1.165) is 35.7 Å². The smallest absolute Gasteiger partial charge is 0.410 e. The first kappa shape index (κ1) is 16.2. The number of likely N-dealkylation sites (tertiary alicyclic amines) is 1. The van der Waals surface area contributed by atoms with Crippen LogP contribution < -0.4 is 0 Å². The largest absolute Gasteiger partial charge is 0.444 e. The number of fused-ring (bicyclic) bond motifs is 1. The fourth-order valence-corrected chi connectivity index (χ4v) is 3.98. The molecule has 5 nitrogen and oxygen atoms in total. The first-order valence-electron chi connectivity index (χ1n) is 8.84. The van der Waals surface area contributed by atoms with E-state index in [-0.39, 0.29) is 6.09 Å². The summed E-state index contributed by atoms with van der Waals surface area (Å²) >= 11 is 0. The highest BCUT2D eigenvalue weighted by molar-refractivity contribution is 5.71. The lowest BCUT2D eigenvalue weighted by atomic mass is 10.00. The third-order valence-electron chi connectivity index (χ3n) is 5.11. The van der Waals surface area contributed by atoms with E-state index < -0.39 is 5.60 Å². The van der Waals surface area contributed by atoms with Crippen LogP contribution in [0.4, 0.5) is 4.79 Å². The van der Waals surface area contributed by atoms with Crippen molar-refractivity contribution in [2.75, 3.05) is 13.1 Å². The molecule has 2 heterocycles. The number of hydrogen-bond acceptors (Lipinski definition) is 4. The molecule has 1 aliphatic heterocycles. The molecule has 132 valence electrons. The van der Waals surface area contributed by atoms with Gasteiger partial charge in [-0.25, -0.2) is 4.79 Å². The van der Waals surface area contributed by atoms with E-state index in [1.54, 1.807) is 0 Å². The van der Waals surface area contributed by atoms with Gasteiger partial charge in [0.15, 0.2) is 0 Å². The number of hydrogen-bond donors (Lipinski definition) is 0. The van der Waals surface area contributed by atoms with E-state index in [1.807, 2.05) is 50.8 Å². The van der Waals surface area contributed by atoms with Crippen LogP contribution in [0.5, 0.6) is 0 Å². The Bertz CT molecular complexity index is 779. The lowest BCUT2D eigenvalue weighted by Crippen LogP contribution is -2.36. The number of benzene rings is 1. The Balaban J connectivity index is 1.49. The van der Waals surface area contributed by atoms with Crippen molar-refractivity contribution in [1.29, 1.82) is 0 Å². The second kappa shape index (κ2) is 5.61. The van der Waals surface area contributed by atoms with Crippen molar-refractivity contribution in [3.63, 3.8) is 0 Å². The Morgan fingerprint density at radius 3 is 2.44 bits per heavy atom. The molecule has 1 aromatic heterocycles. The van der Waals surface area contributed by atoms with E-state index in [4.69, 9.17) is 9.26 Å². The van der Waals surface area contributed by atoms with Gasteiger partial charge in [-0.1, -0.05) is 35.5 Å². The average Bonchev–Trinajstić information content (AvgIpc) is 2.90. The molecule has 4 rings (SSSR count). The Morgan fingerprint density at radius 2 is 1.84 bits per heavy atom. The molecule has 0 radical (unpaired) electrons. The van der Waals surface area contributed by atoms with Gasteiger partial charge in [0.1, 0.15) is 11.4 Å². The van der Waals surface area contributed by atoms with E-state index in [1.165, 1.54) is 0 Å². The molecule has 1 amide bonds. The fraction of sp³-hybridized carbons (Fsp3) is 0.500. The summed E-state index contributed by atoms with van der Waals surface area (Å²) < 4.78 is 11.0. The molecule has 1 aliphatic carbocycles. The maximum Gasteiger partial charge on any atom is 0.410 e. The maximum atomic E-state index is 12.2. The minimum atomic E-state index is -0.451. The zero-order valence-corrected chi connectivity index (χ0v) is 15.2. The Labute approximate surface area is 147 Å². The van der Waals surface area contributed by atoms with Crippen LogP contribution in [0.25, 0.3) is 11.1 Å². The number of ether oxygens (including phenoxy) is 1. The molecule has 2 unspecified atom stereocenters. The van der Waals surface area contributed by atoms with E-state index in [9.17, 15) is 4.79 Å². The summed E-state index contributed by atoms with van der Waals surface area (Å²) in [6.07, 6.45) is -0.210. The topological polar surface area (TPSA) is 55.6 Å². The molecule has 1 saturated heterocycles. The molecule has 25 heavy (non-hydrogen) atoms. The molecule has 1 aromatic carbocycles. The summed E-state index contributed by atoms with van der Waals surface area (Å²) in [5, 5.41) is 4.36. The van der Waals surface area contributed by atoms with Crippen molar-refractivity contribution in [1.82, 2.24) is 10.1 Å². The minimum Gasteiger partial charge on any atom is -0.444 e. The van der Waals surface area contributed by atoms with Crippen LogP contribution >= 0.6 is 0 Å². The molecular weight excluding hydrogens is 316 g/mol. The second-order valence-corrected chi connectivity index (χ2v) is 8.10. The summed E-state index contributed by atoms with van der Waals surface area (Å²) in [5.74, 6) is 2.15. The molecule has 2 aromatic rings. The Kier molecular flexibility index (Phi) is 3.63. The summed E-state index contributed by atoms with van der Waals surface area (Å²) in [6, 6.07) is 10.3. The first-order valence-corrected chi connectivity index (χ1v) is 8.84.